The molecule has 1 aromatic rings. The molecule has 1 aromatic carbocycles. The lowest BCUT2D eigenvalue weighted by Gasteiger charge is -2.58. The average Bonchev–Trinajstić information content (AvgIpc) is 2.38. The number of hydrogen-bond donors (Lipinski definition) is 1. The lowest BCUT2D eigenvalue weighted by atomic mass is 9.49. The predicted molar refractivity (Wildman–Crippen MR) is 81.5 cm³/mol. The third-order valence-corrected chi connectivity index (χ3v) is 6.32. The highest BCUT2D eigenvalue weighted by Gasteiger charge is 2.54. The molecular weight excluding hydrogens is 244 g/mol. The number of aryl methyl sites for hydroxylation is 2. The molecule has 108 valence electrons. The van der Waals surface area contributed by atoms with Gasteiger partial charge < -0.3 is 5.11 Å². The molecule has 0 aromatic heterocycles. The Hall–Kier alpha value is -0.820. The van der Waals surface area contributed by atoms with Crippen molar-refractivity contribution in [2.24, 2.45) is 23.7 Å². The molecule has 1 N–H and O–H groups in total. The quantitative estimate of drug-likeness (QED) is 0.876. The first-order valence-corrected chi connectivity index (χ1v) is 8.39. The first kappa shape index (κ1) is 12.9. The van der Waals surface area contributed by atoms with E-state index in [4.69, 9.17) is 0 Å². The molecule has 1 nitrogen and oxygen atoms in total. The molecular formula is C19H26O. The van der Waals surface area contributed by atoms with Gasteiger partial charge in [0.1, 0.15) is 0 Å². The number of hydrogen-bond acceptors (Lipinski definition) is 1. The highest BCUT2D eigenvalue weighted by atomic mass is 16.3. The normalized spacial score (nSPS) is 42.1. The van der Waals surface area contributed by atoms with E-state index in [0.29, 0.717) is 0 Å². The topological polar surface area (TPSA) is 20.2 Å². The molecule has 0 aliphatic heterocycles. The van der Waals surface area contributed by atoms with Crippen molar-refractivity contribution in [3.8, 4) is 0 Å². The van der Waals surface area contributed by atoms with E-state index in [1.165, 1.54) is 36.8 Å². The van der Waals surface area contributed by atoms with Crippen LogP contribution in [0.2, 0.25) is 0 Å². The van der Waals surface area contributed by atoms with Crippen LogP contribution in [0.5, 0.6) is 0 Å². The standard InChI is InChI=1S/C19H26O/c1-13-2-4-14(5-3-13)6-7-18-16-8-15-9-17(18)12-19(20,10-15)11-16/h2-5,15-18,20H,6-12H2,1H3. The summed E-state index contributed by atoms with van der Waals surface area (Å²) in [7, 11) is 0. The molecule has 4 aliphatic rings. The Kier molecular flexibility index (Phi) is 2.96. The lowest BCUT2D eigenvalue weighted by Crippen LogP contribution is -2.54. The molecule has 5 rings (SSSR count). The third kappa shape index (κ3) is 2.20. The molecule has 2 atom stereocenters. The Morgan fingerprint density at radius 1 is 1.05 bits per heavy atom. The van der Waals surface area contributed by atoms with Crippen molar-refractivity contribution in [2.75, 3.05) is 0 Å². The van der Waals surface area contributed by atoms with Crippen molar-refractivity contribution in [2.45, 2.75) is 57.5 Å². The van der Waals surface area contributed by atoms with Gasteiger partial charge in [0, 0.05) is 0 Å². The van der Waals surface area contributed by atoms with Crippen LogP contribution in [0.3, 0.4) is 0 Å². The summed E-state index contributed by atoms with van der Waals surface area (Å²) in [6.07, 6.45) is 8.65. The molecule has 0 saturated heterocycles. The van der Waals surface area contributed by atoms with E-state index >= 15 is 0 Å². The minimum Gasteiger partial charge on any atom is -0.390 e. The van der Waals surface area contributed by atoms with Gasteiger partial charge in [0.15, 0.2) is 0 Å². The van der Waals surface area contributed by atoms with Crippen molar-refractivity contribution in [1.29, 1.82) is 0 Å². The second kappa shape index (κ2) is 4.59. The van der Waals surface area contributed by atoms with Crippen LogP contribution >= 0.6 is 0 Å². The molecule has 1 heteroatoms. The van der Waals surface area contributed by atoms with Crippen LogP contribution in [0.15, 0.2) is 24.3 Å². The number of benzene rings is 1. The Labute approximate surface area is 122 Å². The lowest BCUT2D eigenvalue weighted by molar-refractivity contribution is -0.152. The second-order valence-corrected chi connectivity index (χ2v) is 7.88. The van der Waals surface area contributed by atoms with Gasteiger partial charge in [-0.15, -0.1) is 0 Å². The Balaban J connectivity index is 1.44. The van der Waals surface area contributed by atoms with Gasteiger partial charge in [0.2, 0.25) is 0 Å². The summed E-state index contributed by atoms with van der Waals surface area (Å²) in [5.74, 6) is 3.36. The summed E-state index contributed by atoms with van der Waals surface area (Å²) >= 11 is 0. The smallest absolute Gasteiger partial charge is 0.0656 e. The van der Waals surface area contributed by atoms with Crippen LogP contribution in [0.25, 0.3) is 0 Å². The van der Waals surface area contributed by atoms with Gasteiger partial charge in [-0.1, -0.05) is 29.8 Å². The maximum atomic E-state index is 10.6. The molecule has 0 amide bonds. The average molecular weight is 270 g/mol. The van der Waals surface area contributed by atoms with Gasteiger partial charge in [-0.3, -0.25) is 0 Å². The zero-order valence-corrected chi connectivity index (χ0v) is 12.5. The fraction of sp³-hybridized carbons (Fsp3) is 0.684. The molecule has 20 heavy (non-hydrogen) atoms. The highest BCUT2D eigenvalue weighted by molar-refractivity contribution is 5.21. The SMILES string of the molecule is Cc1ccc(CCC2C3CC4CC2CC(O)(C4)C3)cc1. The molecule has 2 unspecified atom stereocenters. The van der Waals surface area contributed by atoms with Gasteiger partial charge in [0.05, 0.1) is 5.60 Å². The zero-order chi connectivity index (χ0) is 13.7. The maximum absolute atomic E-state index is 10.6. The van der Waals surface area contributed by atoms with Gasteiger partial charge in [-0.05, 0) is 81.1 Å². The van der Waals surface area contributed by atoms with Gasteiger partial charge in [-0.2, -0.15) is 0 Å². The summed E-state index contributed by atoms with van der Waals surface area (Å²) in [5, 5.41) is 10.6. The Morgan fingerprint density at radius 3 is 2.30 bits per heavy atom. The predicted octanol–water partition coefficient (Wildman–Crippen LogP) is 4.11. The molecule has 4 saturated carbocycles. The van der Waals surface area contributed by atoms with Crippen LogP contribution in [-0.4, -0.2) is 10.7 Å². The van der Waals surface area contributed by atoms with Crippen LogP contribution in [0.4, 0.5) is 0 Å². The summed E-state index contributed by atoms with van der Waals surface area (Å²) in [6.45, 7) is 2.16. The zero-order valence-electron chi connectivity index (χ0n) is 12.5. The van der Waals surface area contributed by atoms with E-state index in [1.54, 1.807) is 0 Å². The van der Waals surface area contributed by atoms with Crippen molar-refractivity contribution in [1.82, 2.24) is 0 Å². The van der Waals surface area contributed by atoms with Crippen LogP contribution in [0, 0.1) is 30.6 Å². The Bertz CT molecular complexity index is 473. The summed E-state index contributed by atoms with van der Waals surface area (Å²) in [6, 6.07) is 9.04. The van der Waals surface area contributed by atoms with E-state index in [9.17, 15) is 5.11 Å². The minimum absolute atomic E-state index is 0.267. The second-order valence-electron chi connectivity index (χ2n) is 7.88. The van der Waals surface area contributed by atoms with E-state index in [0.717, 1.165) is 42.9 Å². The molecule has 4 bridgehead atoms. The summed E-state index contributed by atoms with van der Waals surface area (Å²) < 4.78 is 0. The third-order valence-electron chi connectivity index (χ3n) is 6.32. The van der Waals surface area contributed by atoms with Crippen molar-refractivity contribution >= 4 is 0 Å². The fourth-order valence-corrected chi connectivity index (χ4v) is 5.65. The van der Waals surface area contributed by atoms with Crippen molar-refractivity contribution < 1.29 is 5.11 Å². The fourth-order valence-electron chi connectivity index (χ4n) is 5.65. The monoisotopic (exact) mass is 270 g/mol. The van der Waals surface area contributed by atoms with E-state index in [1.807, 2.05) is 0 Å². The van der Waals surface area contributed by atoms with Crippen LogP contribution in [0.1, 0.15) is 49.7 Å². The van der Waals surface area contributed by atoms with Gasteiger partial charge in [-0.25, -0.2) is 0 Å². The molecule has 0 heterocycles. The van der Waals surface area contributed by atoms with Crippen molar-refractivity contribution in [3.63, 3.8) is 0 Å². The van der Waals surface area contributed by atoms with E-state index in [-0.39, 0.29) is 5.60 Å². The number of aliphatic hydroxyl groups is 1. The molecule has 4 aliphatic carbocycles. The van der Waals surface area contributed by atoms with Crippen LogP contribution < -0.4 is 0 Å². The van der Waals surface area contributed by atoms with Gasteiger partial charge >= 0.3 is 0 Å². The molecule has 4 fully saturated rings. The minimum atomic E-state index is -0.267. The molecule has 0 spiro atoms. The summed E-state index contributed by atoms with van der Waals surface area (Å²) in [5.41, 5.74) is 2.57. The van der Waals surface area contributed by atoms with E-state index < -0.39 is 0 Å². The van der Waals surface area contributed by atoms with E-state index in [2.05, 4.69) is 31.2 Å². The maximum Gasteiger partial charge on any atom is 0.0656 e. The largest absolute Gasteiger partial charge is 0.390 e. The summed E-state index contributed by atoms with van der Waals surface area (Å²) in [4.78, 5) is 0. The number of rotatable bonds is 3. The van der Waals surface area contributed by atoms with Gasteiger partial charge in [0.25, 0.3) is 0 Å². The Morgan fingerprint density at radius 2 is 1.70 bits per heavy atom. The highest BCUT2D eigenvalue weighted by Crippen LogP contribution is 2.59. The van der Waals surface area contributed by atoms with Crippen molar-refractivity contribution in [3.05, 3.63) is 35.4 Å². The first-order chi connectivity index (χ1) is 9.61. The van der Waals surface area contributed by atoms with Crippen LogP contribution in [-0.2, 0) is 6.42 Å². The first-order valence-electron chi connectivity index (χ1n) is 8.39. The molecule has 0 radical (unpaired) electrons.